The molecule has 31 heavy (non-hydrogen) atoms. The molecule has 0 aliphatic rings. The third-order valence-electron chi connectivity index (χ3n) is 5.95. The summed E-state index contributed by atoms with van der Waals surface area (Å²) in [4.78, 5) is 0. The summed E-state index contributed by atoms with van der Waals surface area (Å²) in [5.74, 6) is 1.61. The molecule has 1 atom stereocenters. The van der Waals surface area contributed by atoms with Gasteiger partial charge in [-0.2, -0.15) is 0 Å². The predicted octanol–water partition coefficient (Wildman–Crippen LogP) is 4.79. The molecular formula is C27H33NO3. The number of hydrogen-bond donors (Lipinski definition) is 2. The monoisotopic (exact) mass is 419 g/mol. The first-order valence-corrected chi connectivity index (χ1v) is 10.9. The Morgan fingerprint density at radius 3 is 1.68 bits per heavy atom. The van der Waals surface area contributed by atoms with Gasteiger partial charge in [-0.05, 0) is 53.9 Å². The van der Waals surface area contributed by atoms with E-state index in [-0.39, 0.29) is 12.6 Å². The largest absolute Gasteiger partial charge is 0.497 e. The van der Waals surface area contributed by atoms with Crippen LogP contribution in [0.3, 0.4) is 0 Å². The lowest BCUT2D eigenvalue weighted by Crippen LogP contribution is -2.52. The molecule has 0 aliphatic heterocycles. The molecule has 0 heterocycles. The summed E-state index contributed by atoms with van der Waals surface area (Å²) in [5.41, 5.74) is 2.70. The van der Waals surface area contributed by atoms with Gasteiger partial charge in [-0.15, -0.1) is 0 Å². The van der Waals surface area contributed by atoms with E-state index in [1.807, 2.05) is 30.3 Å². The van der Waals surface area contributed by atoms with E-state index in [0.29, 0.717) is 0 Å². The van der Waals surface area contributed by atoms with Crippen LogP contribution in [0.25, 0.3) is 0 Å². The highest BCUT2D eigenvalue weighted by Gasteiger charge is 2.43. The van der Waals surface area contributed by atoms with Gasteiger partial charge < -0.3 is 19.9 Å². The summed E-state index contributed by atoms with van der Waals surface area (Å²) in [6, 6.07) is 26.5. The van der Waals surface area contributed by atoms with E-state index in [2.05, 4.69) is 60.8 Å². The van der Waals surface area contributed by atoms with E-state index in [1.54, 1.807) is 14.2 Å². The third-order valence-corrected chi connectivity index (χ3v) is 5.95. The van der Waals surface area contributed by atoms with Gasteiger partial charge in [-0.25, -0.2) is 0 Å². The van der Waals surface area contributed by atoms with Crippen molar-refractivity contribution in [2.45, 2.75) is 31.2 Å². The Kier molecular flexibility index (Phi) is 8.10. The van der Waals surface area contributed by atoms with E-state index in [9.17, 15) is 5.11 Å². The van der Waals surface area contributed by atoms with Gasteiger partial charge in [0, 0.05) is 6.04 Å². The van der Waals surface area contributed by atoms with Gasteiger partial charge >= 0.3 is 0 Å². The van der Waals surface area contributed by atoms with Crippen LogP contribution < -0.4 is 14.8 Å². The highest BCUT2D eigenvalue weighted by molar-refractivity contribution is 5.54. The third kappa shape index (κ3) is 4.76. The number of ether oxygens (including phenoxy) is 2. The number of rotatable bonds is 11. The van der Waals surface area contributed by atoms with Gasteiger partial charge in [0.1, 0.15) is 11.5 Å². The summed E-state index contributed by atoms with van der Waals surface area (Å²) in [6.07, 6.45) is 2.14. The fourth-order valence-corrected chi connectivity index (χ4v) is 4.32. The van der Waals surface area contributed by atoms with Crippen LogP contribution in [0.1, 0.15) is 36.5 Å². The number of aliphatic hydroxyl groups is 1. The van der Waals surface area contributed by atoms with Crippen molar-refractivity contribution in [3.8, 4) is 11.5 Å². The normalized spacial score (nSPS) is 12.4. The second-order valence-corrected chi connectivity index (χ2v) is 7.67. The summed E-state index contributed by atoms with van der Waals surface area (Å²) < 4.78 is 10.8. The Hall–Kier alpha value is -2.82. The Morgan fingerprint density at radius 2 is 1.26 bits per heavy atom. The Labute approximate surface area is 185 Å². The first-order chi connectivity index (χ1) is 15.2. The smallest absolute Gasteiger partial charge is 0.118 e. The summed E-state index contributed by atoms with van der Waals surface area (Å²) in [5, 5.41) is 14.3. The van der Waals surface area contributed by atoms with Crippen molar-refractivity contribution in [3.05, 3.63) is 95.6 Å². The molecule has 4 heteroatoms. The van der Waals surface area contributed by atoms with Gasteiger partial charge in [-0.1, -0.05) is 67.9 Å². The average Bonchev–Trinajstić information content (AvgIpc) is 2.85. The molecule has 1 unspecified atom stereocenters. The molecule has 2 N–H and O–H groups in total. The van der Waals surface area contributed by atoms with Crippen LogP contribution in [0.5, 0.6) is 11.5 Å². The number of methoxy groups -OCH3 is 2. The minimum absolute atomic E-state index is 0.00331. The molecule has 0 aliphatic carbocycles. The minimum atomic E-state index is -0.595. The maximum absolute atomic E-state index is 10.6. The molecule has 0 saturated carbocycles. The molecule has 0 radical (unpaired) electrons. The van der Waals surface area contributed by atoms with Crippen LogP contribution in [0.15, 0.2) is 78.9 Å². The average molecular weight is 420 g/mol. The SMILES string of the molecule is CCCCNC(CO)C(c1ccccc1)(c1ccc(OC)cc1)c1ccc(OC)cc1. The maximum Gasteiger partial charge on any atom is 0.118 e. The molecule has 3 aromatic rings. The van der Waals surface area contributed by atoms with Gasteiger partial charge in [0.2, 0.25) is 0 Å². The van der Waals surface area contributed by atoms with Gasteiger partial charge in [0.05, 0.1) is 26.2 Å². The molecule has 0 amide bonds. The van der Waals surface area contributed by atoms with Crippen molar-refractivity contribution in [1.29, 1.82) is 0 Å². The van der Waals surface area contributed by atoms with Crippen molar-refractivity contribution in [3.63, 3.8) is 0 Å². The van der Waals surface area contributed by atoms with E-state index in [0.717, 1.165) is 47.6 Å². The second kappa shape index (κ2) is 11.0. The summed E-state index contributed by atoms with van der Waals surface area (Å²) in [6.45, 7) is 3.01. The zero-order valence-corrected chi connectivity index (χ0v) is 18.7. The van der Waals surface area contributed by atoms with Gasteiger partial charge in [-0.3, -0.25) is 0 Å². The lowest BCUT2D eigenvalue weighted by atomic mass is 9.64. The Balaban J connectivity index is 2.27. The van der Waals surface area contributed by atoms with Crippen LogP contribution >= 0.6 is 0 Å². The van der Waals surface area contributed by atoms with E-state index in [4.69, 9.17) is 9.47 Å². The molecule has 0 aromatic heterocycles. The lowest BCUT2D eigenvalue weighted by Gasteiger charge is -2.42. The molecule has 0 saturated heterocycles. The number of unbranched alkanes of at least 4 members (excludes halogenated alkanes) is 1. The Morgan fingerprint density at radius 1 is 0.774 bits per heavy atom. The molecule has 3 aromatic carbocycles. The van der Waals surface area contributed by atoms with Crippen LogP contribution in [0.4, 0.5) is 0 Å². The quantitative estimate of drug-likeness (QED) is 0.347. The standard InChI is InChI=1S/C27H33NO3/c1-4-5-19-28-26(20-29)27(21-9-7-6-8-10-21,22-11-15-24(30-2)16-12-22)23-13-17-25(31-3)18-14-23/h6-18,26,28-29H,4-5,19-20H2,1-3H3. The highest BCUT2D eigenvalue weighted by atomic mass is 16.5. The molecule has 3 rings (SSSR count). The molecule has 164 valence electrons. The van der Waals surface area contributed by atoms with E-state index >= 15 is 0 Å². The highest BCUT2D eigenvalue weighted by Crippen LogP contribution is 2.43. The summed E-state index contributed by atoms with van der Waals surface area (Å²) in [7, 11) is 3.34. The number of nitrogens with one attached hydrogen (secondary N) is 1. The first-order valence-electron chi connectivity index (χ1n) is 10.9. The van der Waals surface area contributed by atoms with Crippen LogP contribution in [-0.4, -0.2) is 38.5 Å². The van der Waals surface area contributed by atoms with Crippen molar-refractivity contribution in [1.82, 2.24) is 5.32 Å². The van der Waals surface area contributed by atoms with E-state index in [1.165, 1.54) is 0 Å². The van der Waals surface area contributed by atoms with Crippen molar-refractivity contribution >= 4 is 0 Å². The fourth-order valence-electron chi connectivity index (χ4n) is 4.32. The second-order valence-electron chi connectivity index (χ2n) is 7.67. The zero-order valence-electron chi connectivity index (χ0n) is 18.7. The molecule has 0 fully saturated rings. The van der Waals surface area contributed by atoms with E-state index < -0.39 is 5.41 Å². The van der Waals surface area contributed by atoms with Gasteiger partial charge in [0.25, 0.3) is 0 Å². The lowest BCUT2D eigenvalue weighted by molar-refractivity contribution is 0.207. The maximum atomic E-state index is 10.6. The zero-order chi connectivity index (χ0) is 22.1. The van der Waals surface area contributed by atoms with Crippen LogP contribution in [-0.2, 0) is 5.41 Å². The number of hydrogen-bond acceptors (Lipinski definition) is 4. The molecule has 4 nitrogen and oxygen atoms in total. The number of benzene rings is 3. The van der Waals surface area contributed by atoms with Crippen LogP contribution in [0, 0.1) is 0 Å². The Bertz CT molecular complexity index is 860. The van der Waals surface area contributed by atoms with Gasteiger partial charge in [0.15, 0.2) is 0 Å². The van der Waals surface area contributed by atoms with Crippen molar-refractivity contribution < 1.29 is 14.6 Å². The number of aliphatic hydroxyl groups excluding tert-OH is 1. The van der Waals surface area contributed by atoms with Crippen molar-refractivity contribution in [2.75, 3.05) is 27.4 Å². The first kappa shape index (κ1) is 22.9. The van der Waals surface area contributed by atoms with Crippen LogP contribution in [0.2, 0.25) is 0 Å². The summed E-state index contributed by atoms with van der Waals surface area (Å²) >= 11 is 0. The molecular weight excluding hydrogens is 386 g/mol. The fraction of sp³-hybridized carbons (Fsp3) is 0.333. The minimum Gasteiger partial charge on any atom is -0.497 e. The molecule has 0 spiro atoms. The molecule has 0 bridgehead atoms. The topological polar surface area (TPSA) is 50.7 Å². The predicted molar refractivity (Wildman–Crippen MR) is 126 cm³/mol. The van der Waals surface area contributed by atoms with Crippen molar-refractivity contribution in [2.24, 2.45) is 0 Å².